The van der Waals surface area contributed by atoms with Crippen molar-refractivity contribution in [2.75, 3.05) is 30.9 Å². The van der Waals surface area contributed by atoms with Crippen LogP contribution in [0.5, 0.6) is 0 Å². The first-order chi connectivity index (χ1) is 10.6. The SMILES string of the molecule is CN(C)c1ccc(NC(=O)NCCc2ccccc2F)cc1. The highest BCUT2D eigenvalue weighted by molar-refractivity contribution is 5.89. The van der Waals surface area contributed by atoms with Gasteiger partial charge in [-0.1, -0.05) is 18.2 Å². The lowest BCUT2D eigenvalue weighted by Crippen LogP contribution is -2.30. The van der Waals surface area contributed by atoms with Gasteiger partial charge in [-0.15, -0.1) is 0 Å². The summed E-state index contributed by atoms with van der Waals surface area (Å²) in [5.41, 5.74) is 2.37. The molecule has 0 atom stereocenters. The van der Waals surface area contributed by atoms with Gasteiger partial charge in [0, 0.05) is 32.0 Å². The lowest BCUT2D eigenvalue weighted by atomic mass is 10.1. The molecule has 22 heavy (non-hydrogen) atoms. The van der Waals surface area contributed by atoms with Crippen molar-refractivity contribution in [3.63, 3.8) is 0 Å². The Bertz CT molecular complexity index is 626. The molecule has 5 heteroatoms. The molecular weight excluding hydrogens is 281 g/mol. The van der Waals surface area contributed by atoms with Gasteiger partial charge in [0.05, 0.1) is 0 Å². The summed E-state index contributed by atoms with van der Waals surface area (Å²) in [4.78, 5) is 13.8. The second kappa shape index (κ2) is 7.45. The number of hydrogen-bond acceptors (Lipinski definition) is 2. The minimum Gasteiger partial charge on any atom is -0.378 e. The van der Waals surface area contributed by atoms with Crippen molar-refractivity contribution in [2.24, 2.45) is 0 Å². The summed E-state index contributed by atoms with van der Waals surface area (Å²) >= 11 is 0. The van der Waals surface area contributed by atoms with Crippen LogP contribution in [0.4, 0.5) is 20.6 Å². The molecule has 0 aliphatic rings. The third-order valence-corrected chi connectivity index (χ3v) is 3.28. The number of carbonyl (C=O) groups excluding carboxylic acids is 1. The van der Waals surface area contributed by atoms with Gasteiger partial charge in [0.1, 0.15) is 5.82 Å². The summed E-state index contributed by atoms with van der Waals surface area (Å²) in [7, 11) is 3.91. The van der Waals surface area contributed by atoms with Gasteiger partial charge in [0.25, 0.3) is 0 Å². The monoisotopic (exact) mass is 301 g/mol. The van der Waals surface area contributed by atoms with E-state index in [0.29, 0.717) is 24.2 Å². The first kappa shape index (κ1) is 15.8. The standard InChI is InChI=1S/C17H20FN3O/c1-21(2)15-9-7-14(8-10-15)20-17(22)19-12-11-13-5-3-4-6-16(13)18/h3-10H,11-12H2,1-2H3,(H2,19,20,22). The number of amides is 2. The molecule has 0 bridgehead atoms. The molecule has 2 aromatic carbocycles. The molecule has 0 fully saturated rings. The molecule has 2 aromatic rings. The van der Waals surface area contributed by atoms with Crippen LogP contribution in [0.15, 0.2) is 48.5 Å². The van der Waals surface area contributed by atoms with Crippen molar-refractivity contribution < 1.29 is 9.18 Å². The minimum atomic E-state index is -0.297. The van der Waals surface area contributed by atoms with E-state index in [1.54, 1.807) is 18.2 Å². The van der Waals surface area contributed by atoms with E-state index in [-0.39, 0.29) is 11.8 Å². The Labute approximate surface area is 129 Å². The molecule has 0 unspecified atom stereocenters. The molecule has 0 aromatic heterocycles. The topological polar surface area (TPSA) is 44.4 Å². The molecule has 4 nitrogen and oxygen atoms in total. The largest absolute Gasteiger partial charge is 0.378 e. The predicted octanol–water partition coefficient (Wildman–Crippen LogP) is 3.26. The molecule has 2 rings (SSSR count). The lowest BCUT2D eigenvalue weighted by Gasteiger charge is -2.13. The Morgan fingerprint density at radius 3 is 2.41 bits per heavy atom. The van der Waals surface area contributed by atoms with E-state index >= 15 is 0 Å². The second-order valence-electron chi connectivity index (χ2n) is 5.16. The second-order valence-corrected chi connectivity index (χ2v) is 5.16. The molecule has 116 valence electrons. The van der Waals surface area contributed by atoms with Crippen LogP contribution in [0.25, 0.3) is 0 Å². The zero-order valence-electron chi connectivity index (χ0n) is 12.8. The smallest absolute Gasteiger partial charge is 0.319 e. The zero-order valence-corrected chi connectivity index (χ0v) is 12.8. The average Bonchev–Trinajstić information content (AvgIpc) is 2.50. The number of halogens is 1. The van der Waals surface area contributed by atoms with E-state index in [4.69, 9.17) is 0 Å². The molecule has 0 saturated heterocycles. The average molecular weight is 301 g/mol. The first-order valence-corrected chi connectivity index (χ1v) is 7.12. The number of hydrogen-bond donors (Lipinski definition) is 2. The van der Waals surface area contributed by atoms with Gasteiger partial charge in [0.2, 0.25) is 0 Å². The normalized spacial score (nSPS) is 10.1. The maximum absolute atomic E-state index is 13.4. The van der Waals surface area contributed by atoms with Crippen LogP contribution in [0.2, 0.25) is 0 Å². The summed E-state index contributed by atoms with van der Waals surface area (Å²) in [6.45, 7) is 0.378. The van der Waals surface area contributed by atoms with E-state index in [1.807, 2.05) is 43.3 Å². The van der Waals surface area contributed by atoms with Crippen molar-refractivity contribution in [1.29, 1.82) is 0 Å². The summed E-state index contributed by atoms with van der Waals surface area (Å²) < 4.78 is 13.4. The Morgan fingerprint density at radius 1 is 1.09 bits per heavy atom. The first-order valence-electron chi connectivity index (χ1n) is 7.12. The number of urea groups is 1. The van der Waals surface area contributed by atoms with Crippen LogP contribution in [0.1, 0.15) is 5.56 Å². The molecule has 0 heterocycles. The maximum Gasteiger partial charge on any atom is 0.319 e. The van der Waals surface area contributed by atoms with Gasteiger partial charge in [-0.2, -0.15) is 0 Å². The molecule has 0 saturated carbocycles. The Hall–Kier alpha value is -2.56. The highest BCUT2D eigenvalue weighted by Crippen LogP contribution is 2.15. The van der Waals surface area contributed by atoms with E-state index in [1.165, 1.54) is 6.07 Å². The number of rotatable bonds is 5. The Kier molecular flexibility index (Phi) is 5.36. The molecule has 2 amide bonds. The van der Waals surface area contributed by atoms with Crippen LogP contribution >= 0.6 is 0 Å². The maximum atomic E-state index is 13.4. The lowest BCUT2D eigenvalue weighted by molar-refractivity contribution is 0.252. The van der Waals surface area contributed by atoms with Crippen molar-refractivity contribution in [1.82, 2.24) is 5.32 Å². The van der Waals surface area contributed by atoms with Crippen molar-refractivity contribution in [2.45, 2.75) is 6.42 Å². The zero-order chi connectivity index (χ0) is 15.9. The molecule has 0 aliphatic carbocycles. The fourth-order valence-corrected chi connectivity index (χ4v) is 2.03. The summed E-state index contributed by atoms with van der Waals surface area (Å²) in [6.07, 6.45) is 0.458. The number of carbonyl (C=O) groups is 1. The quantitative estimate of drug-likeness (QED) is 0.890. The van der Waals surface area contributed by atoms with Gasteiger partial charge in [0.15, 0.2) is 0 Å². The van der Waals surface area contributed by atoms with Gasteiger partial charge in [-0.25, -0.2) is 9.18 Å². The molecule has 0 spiro atoms. The summed E-state index contributed by atoms with van der Waals surface area (Å²) in [5, 5.41) is 5.46. The third-order valence-electron chi connectivity index (χ3n) is 3.28. The van der Waals surface area contributed by atoms with Crippen molar-refractivity contribution in [3.05, 3.63) is 59.9 Å². The van der Waals surface area contributed by atoms with Crippen molar-refractivity contribution >= 4 is 17.4 Å². The highest BCUT2D eigenvalue weighted by Gasteiger charge is 2.04. The third kappa shape index (κ3) is 4.48. The van der Waals surface area contributed by atoms with Crippen LogP contribution in [0.3, 0.4) is 0 Å². The fourth-order valence-electron chi connectivity index (χ4n) is 2.03. The molecular formula is C17H20FN3O. The van der Waals surface area contributed by atoms with Crippen molar-refractivity contribution in [3.8, 4) is 0 Å². The van der Waals surface area contributed by atoms with Gasteiger partial charge >= 0.3 is 6.03 Å². The highest BCUT2D eigenvalue weighted by atomic mass is 19.1. The van der Waals surface area contributed by atoms with E-state index in [9.17, 15) is 9.18 Å². The Morgan fingerprint density at radius 2 is 1.77 bits per heavy atom. The molecule has 0 radical (unpaired) electrons. The van der Waals surface area contributed by atoms with Gasteiger partial charge in [-0.3, -0.25) is 0 Å². The summed E-state index contributed by atoms with van der Waals surface area (Å²) in [5.74, 6) is -0.246. The number of nitrogens with one attached hydrogen (secondary N) is 2. The van der Waals surface area contributed by atoms with E-state index in [0.717, 1.165) is 5.69 Å². The van der Waals surface area contributed by atoms with Gasteiger partial charge < -0.3 is 15.5 Å². The number of nitrogens with zero attached hydrogens (tertiary/aromatic N) is 1. The van der Waals surface area contributed by atoms with Gasteiger partial charge in [-0.05, 0) is 42.3 Å². The molecule has 0 aliphatic heterocycles. The summed E-state index contributed by atoms with van der Waals surface area (Å²) in [6, 6.07) is 13.8. The van der Waals surface area contributed by atoms with Crippen LogP contribution in [-0.4, -0.2) is 26.7 Å². The van der Waals surface area contributed by atoms with E-state index < -0.39 is 0 Å². The molecule has 2 N–H and O–H groups in total. The fraction of sp³-hybridized carbons (Fsp3) is 0.235. The van der Waals surface area contributed by atoms with Crippen LogP contribution < -0.4 is 15.5 Å². The number of benzene rings is 2. The predicted molar refractivity (Wildman–Crippen MR) is 87.9 cm³/mol. The number of anilines is 2. The van der Waals surface area contributed by atoms with E-state index in [2.05, 4.69) is 10.6 Å². The van der Waals surface area contributed by atoms with Crippen LogP contribution in [-0.2, 0) is 6.42 Å². The van der Waals surface area contributed by atoms with Crippen LogP contribution in [0, 0.1) is 5.82 Å². The Balaban J connectivity index is 1.79. The minimum absolute atomic E-state index is 0.246.